The molecule has 0 aromatic heterocycles. The standard InChI is InChI=1S/C23H24F3N3O5S/c1-22(2)12-15(18-6-4-16(23(24,25)26)10-20(18)34-22)9-21(31)27-17-5-3-14-13-29(7-8-30)35(32,33)28-19(14)11-17/h3-6,9-11,28,30H,7-8,12-13H2,1-2H3,(H,27,31). The van der Waals surface area contributed by atoms with Crippen LogP contribution in [0.25, 0.3) is 5.57 Å². The molecule has 0 radical (unpaired) electrons. The first-order valence-corrected chi connectivity index (χ1v) is 12.2. The number of fused-ring (bicyclic) bond motifs is 2. The monoisotopic (exact) mass is 511 g/mol. The van der Waals surface area contributed by atoms with Crippen molar-refractivity contribution in [1.82, 2.24) is 4.31 Å². The van der Waals surface area contributed by atoms with E-state index in [0.717, 1.165) is 16.4 Å². The summed E-state index contributed by atoms with van der Waals surface area (Å²) < 4.78 is 73.3. The van der Waals surface area contributed by atoms with E-state index < -0.39 is 33.5 Å². The topological polar surface area (TPSA) is 108 Å². The molecule has 188 valence electrons. The molecule has 0 spiro atoms. The van der Waals surface area contributed by atoms with Gasteiger partial charge in [-0.15, -0.1) is 0 Å². The van der Waals surface area contributed by atoms with Gasteiger partial charge in [0, 0.05) is 36.8 Å². The van der Waals surface area contributed by atoms with Crippen molar-refractivity contribution < 1.29 is 36.2 Å². The van der Waals surface area contributed by atoms with Crippen LogP contribution in [0.1, 0.15) is 37.0 Å². The number of benzene rings is 2. The summed E-state index contributed by atoms with van der Waals surface area (Å²) in [5.74, 6) is -0.477. The van der Waals surface area contributed by atoms with Crippen molar-refractivity contribution in [2.45, 2.75) is 38.6 Å². The maximum Gasteiger partial charge on any atom is 0.416 e. The third-order valence-electron chi connectivity index (χ3n) is 5.61. The van der Waals surface area contributed by atoms with Gasteiger partial charge < -0.3 is 15.2 Å². The van der Waals surface area contributed by atoms with Gasteiger partial charge in [-0.3, -0.25) is 9.52 Å². The number of amides is 1. The zero-order valence-electron chi connectivity index (χ0n) is 18.9. The molecule has 2 aromatic carbocycles. The third kappa shape index (κ3) is 5.44. The molecule has 2 aliphatic rings. The molecule has 0 unspecified atom stereocenters. The van der Waals surface area contributed by atoms with Gasteiger partial charge in [0.15, 0.2) is 0 Å². The summed E-state index contributed by atoms with van der Waals surface area (Å²) in [4.78, 5) is 12.8. The molecule has 4 rings (SSSR count). The second kappa shape index (κ2) is 8.85. The van der Waals surface area contributed by atoms with Gasteiger partial charge in [0.2, 0.25) is 5.91 Å². The Morgan fingerprint density at radius 2 is 2.00 bits per heavy atom. The molecule has 35 heavy (non-hydrogen) atoms. The van der Waals surface area contributed by atoms with Crippen LogP contribution in [0, 0.1) is 0 Å². The minimum absolute atomic E-state index is 0.0470. The number of rotatable bonds is 4. The van der Waals surface area contributed by atoms with Crippen molar-refractivity contribution in [3.8, 4) is 5.75 Å². The van der Waals surface area contributed by atoms with Crippen LogP contribution in [-0.4, -0.2) is 42.5 Å². The van der Waals surface area contributed by atoms with Crippen LogP contribution < -0.4 is 14.8 Å². The molecule has 0 bridgehead atoms. The van der Waals surface area contributed by atoms with Crippen LogP contribution in [0.3, 0.4) is 0 Å². The summed E-state index contributed by atoms with van der Waals surface area (Å²) in [5.41, 5.74) is 0.561. The lowest BCUT2D eigenvalue weighted by Crippen LogP contribution is -2.40. The molecular formula is C23H24F3N3O5S. The van der Waals surface area contributed by atoms with E-state index in [0.29, 0.717) is 34.5 Å². The first-order chi connectivity index (χ1) is 16.3. The number of anilines is 2. The lowest BCUT2D eigenvalue weighted by Gasteiger charge is -2.34. The van der Waals surface area contributed by atoms with Crippen molar-refractivity contribution in [1.29, 1.82) is 0 Å². The number of aliphatic hydroxyl groups excluding tert-OH is 1. The van der Waals surface area contributed by atoms with E-state index >= 15 is 0 Å². The van der Waals surface area contributed by atoms with Gasteiger partial charge in [0.25, 0.3) is 0 Å². The van der Waals surface area contributed by atoms with Gasteiger partial charge >= 0.3 is 16.4 Å². The summed E-state index contributed by atoms with van der Waals surface area (Å²) in [6.07, 6.45) is -2.92. The largest absolute Gasteiger partial charge is 0.487 e. The number of alkyl halides is 3. The highest BCUT2D eigenvalue weighted by molar-refractivity contribution is 7.90. The number of aliphatic hydroxyl groups is 1. The van der Waals surface area contributed by atoms with Crippen LogP contribution in [0.5, 0.6) is 5.75 Å². The number of carbonyl (C=O) groups excluding carboxylic acids is 1. The van der Waals surface area contributed by atoms with Gasteiger partial charge in [-0.1, -0.05) is 12.1 Å². The quantitative estimate of drug-likeness (QED) is 0.542. The van der Waals surface area contributed by atoms with Crippen LogP contribution >= 0.6 is 0 Å². The molecule has 3 N–H and O–H groups in total. The van der Waals surface area contributed by atoms with Gasteiger partial charge in [0.05, 0.1) is 17.9 Å². The molecule has 2 aliphatic heterocycles. The van der Waals surface area contributed by atoms with Crippen molar-refractivity contribution in [2.75, 3.05) is 23.2 Å². The van der Waals surface area contributed by atoms with Crippen LogP contribution in [0.2, 0.25) is 0 Å². The van der Waals surface area contributed by atoms with E-state index in [-0.39, 0.29) is 25.4 Å². The average molecular weight is 512 g/mol. The molecule has 0 atom stereocenters. The summed E-state index contributed by atoms with van der Waals surface area (Å²) in [6, 6.07) is 7.92. The Bertz CT molecular complexity index is 1310. The first-order valence-electron chi connectivity index (χ1n) is 10.7. The molecule has 2 heterocycles. The Hall–Kier alpha value is -3.09. The van der Waals surface area contributed by atoms with Gasteiger partial charge in [-0.05, 0) is 49.2 Å². The molecule has 1 amide bonds. The summed E-state index contributed by atoms with van der Waals surface area (Å²) >= 11 is 0. The Labute approximate surface area is 200 Å². The molecular weight excluding hydrogens is 487 g/mol. The maximum atomic E-state index is 13.1. The number of hydrogen-bond donors (Lipinski definition) is 3. The molecule has 0 saturated heterocycles. The fourth-order valence-electron chi connectivity index (χ4n) is 4.08. The van der Waals surface area contributed by atoms with Gasteiger partial charge in [-0.2, -0.15) is 25.9 Å². The number of β-amino-alcohol motifs (C(OH)–C–C–N with tert-alkyl or cyclic N) is 1. The average Bonchev–Trinajstić information content (AvgIpc) is 2.72. The zero-order valence-corrected chi connectivity index (χ0v) is 19.8. The minimum atomic E-state index is -4.52. The summed E-state index contributed by atoms with van der Waals surface area (Å²) in [6.45, 7) is 3.15. The van der Waals surface area contributed by atoms with Crippen LogP contribution in [-0.2, 0) is 27.7 Å². The number of nitrogens with one attached hydrogen (secondary N) is 2. The summed E-state index contributed by atoms with van der Waals surface area (Å²) in [5, 5.41) is 11.7. The predicted octanol–water partition coefficient (Wildman–Crippen LogP) is 3.75. The Morgan fingerprint density at radius 3 is 2.69 bits per heavy atom. The van der Waals surface area contributed by atoms with E-state index in [4.69, 9.17) is 9.84 Å². The number of hydrogen-bond acceptors (Lipinski definition) is 5. The zero-order chi connectivity index (χ0) is 25.6. The fourth-order valence-corrected chi connectivity index (χ4v) is 5.31. The highest BCUT2D eigenvalue weighted by Gasteiger charge is 2.35. The number of nitrogens with zero attached hydrogens (tertiary/aromatic N) is 1. The van der Waals surface area contributed by atoms with Crippen LogP contribution in [0.4, 0.5) is 24.5 Å². The molecule has 8 nitrogen and oxygen atoms in total. The molecule has 0 fully saturated rings. The Kier molecular flexibility index (Phi) is 6.32. The lowest BCUT2D eigenvalue weighted by molar-refractivity contribution is -0.137. The third-order valence-corrected chi connectivity index (χ3v) is 7.08. The highest BCUT2D eigenvalue weighted by atomic mass is 32.2. The maximum absolute atomic E-state index is 13.1. The Morgan fingerprint density at radius 1 is 1.26 bits per heavy atom. The van der Waals surface area contributed by atoms with E-state index in [1.807, 2.05) is 0 Å². The van der Waals surface area contributed by atoms with Crippen molar-refractivity contribution in [3.05, 3.63) is 59.2 Å². The van der Waals surface area contributed by atoms with Crippen molar-refractivity contribution in [3.63, 3.8) is 0 Å². The molecule has 12 heteroatoms. The summed E-state index contributed by atoms with van der Waals surface area (Å²) in [7, 11) is -3.82. The minimum Gasteiger partial charge on any atom is -0.487 e. The van der Waals surface area contributed by atoms with Crippen molar-refractivity contribution >= 4 is 33.1 Å². The number of ether oxygens (including phenoxy) is 1. The lowest BCUT2D eigenvalue weighted by atomic mass is 9.88. The normalized spacial score (nSPS) is 19.8. The SMILES string of the molecule is CC1(C)CC(=CC(=O)Nc2ccc3c(c2)NS(=O)(=O)N(CCO)C3)c2ccc(C(F)(F)F)cc2O1. The molecule has 0 saturated carbocycles. The van der Waals surface area contributed by atoms with Crippen LogP contribution in [0.15, 0.2) is 42.5 Å². The fraction of sp³-hybridized carbons (Fsp3) is 0.348. The van der Waals surface area contributed by atoms with E-state index in [1.54, 1.807) is 26.0 Å². The van der Waals surface area contributed by atoms with Gasteiger partial charge in [-0.25, -0.2) is 0 Å². The van der Waals surface area contributed by atoms with Crippen molar-refractivity contribution in [2.24, 2.45) is 0 Å². The van der Waals surface area contributed by atoms with Gasteiger partial charge in [0.1, 0.15) is 11.4 Å². The smallest absolute Gasteiger partial charge is 0.416 e. The Balaban J connectivity index is 1.58. The highest BCUT2D eigenvalue weighted by Crippen LogP contribution is 2.43. The molecule has 2 aromatic rings. The first kappa shape index (κ1) is 25.0. The van der Waals surface area contributed by atoms with E-state index in [2.05, 4.69) is 10.0 Å². The van der Waals surface area contributed by atoms with E-state index in [9.17, 15) is 26.4 Å². The second-order valence-corrected chi connectivity index (χ2v) is 10.6. The predicted molar refractivity (Wildman–Crippen MR) is 124 cm³/mol. The number of carbonyl (C=O) groups is 1. The second-order valence-electron chi connectivity index (χ2n) is 8.94. The molecule has 0 aliphatic carbocycles. The number of halogens is 3. The van der Waals surface area contributed by atoms with E-state index in [1.165, 1.54) is 18.2 Å².